The molecule has 0 spiro atoms. The van der Waals surface area contributed by atoms with E-state index in [1.165, 1.54) is 9.36 Å². The lowest BCUT2D eigenvalue weighted by molar-refractivity contribution is -0.120. The molecule has 1 aromatic heterocycles. The monoisotopic (exact) mass is 412 g/mol. The van der Waals surface area contributed by atoms with Gasteiger partial charge >= 0.3 is 0 Å². The summed E-state index contributed by atoms with van der Waals surface area (Å²) in [4.78, 5) is 26.1. The third-order valence-electron chi connectivity index (χ3n) is 5.53. The molecule has 1 atom stereocenters. The average molecular weight is 412 g/mol. The van der Waals surface area contributed by atoms with Crippen LogP contribution in [0.5, 0.6) is 5.88 Å². The van der Waals surface area contributed by atoms with E-state index in [9.17, 15) is 14.7 Å². The summed E-state index contributed by atoms with van der Waals surface area (Å²) in [6, 6.07) is 28.0. The molecule has 5 nitrogen and oxygen atoms in total. The zero-order valence-electron chi connectivity index (χ0n) is 17.3. The van der Waals surface area contributed by atoms with Crippen molar-refractivity contribution in [2.24, 2.45) is 0 Å². The van der Waals surface area contributed by atoms with Gasteiger partial charge in [0.05, 0.1) is 16.9 Å². The minimum Gasteiger partial charge on any atom is -0.493 e. The van der Waals surface area contributed by atoms with Gasteiger partial charge in [0.25, 0.3) is 5.56 Å². The SMILES string of the molecule is CC(C(=O)CCc1c(O)n(-c2ccccc2)n(-c2ccccc2)c1=O)c1ccccc1. The Hall–Kier alpha value is -3.86. The summed E-state index contributed by atoms with van der Waals surface area (Å²) in [7, 11) is 0. The van der Waals surface area contributed by atoms with Gasteiger partial charge in [-0.3, -0.25) is 9.59 Å². The highest BCUT2D eigenvalue weighted by Crippen LogP contribution is 2.25. The number of aromatic hydroxyl groups is 1. The Balaban J connectivity index is 1.70. The van der Waals surface area contributed by atoms with Crippen LogP contribution in [0.1, 0.15) is 30.4 Å². The van der Waals surface area contributed by atoms with Crippen LogP contribution in [0.25, 0.3) is 11.4 Å². The second-order valence-corrected chi connectivity index (χ2v) is 7.50. The summed E-state index contributed by atoms with van der Waals surface area (Å²) in [5, 5.41) is 11.0. The first-order valence-electron chi connectivity index (χ1n) is 10.3. The molecule has 0 radical (unpaired) electrons. The fourth-order valence-electron chi connectivity index (χ4n) is 3.76. The van der Waals surface area contributed by atoms with E-state index in [-0.39, 0.29) is 41.5 Å². The van der Waals surface area contributed by atoms with Gasteiger partial charge in [-0.25, -0.2) is 9.36 Å². The first-order valence-corrected chi connectivity index (χ1v) is 10.3. The Bertz CT molecular complexity index is 1230. The third-order valence-corrected chi connectivity index (χ3v) is 5.53. The maximum absolute atomic E-state index is 13.3. The number of hydrogen-bond acceptors (Lipinski definition) is 3. The first kappa shape index (κ1) is 20.4. The molecule has 0 aliphatic heterocycles. The number of carbonyl (C=O) groups excluding carboxylic acids is 1. The molecule has 4 aromatic rings. The van der Waals surface area contributed by atoms with Gasteiger partial charge < -0.3 is 5.11 Å². The van der Waals surface area contributed by atoms with Crippen LogP contribution in [-0.2, 0) is 11.2 Å². The molecule has 1 unspecified atom stereocenters. The second kappa shape index (κ2) is 8.88. The Morgan fingerprint density at radius 2 is 1.29 bits per heavy atom. The van der Waals surface area contributed by atoms with Crippen molar-refractivity contribution in [3.05, 3.63) is 112 Å². The molecule has 5 heteroatoms. The summed E-state index contributed by atoms with van der Waals surface area (Å²) >= 11 is 0. The van der Waals surface area contributed by atoms with Gasteiger partial charge in [-0.1, -0.05) is 73.7 Å². The summed E-state index contributed by atoms with van der Waals surface area (Å²) in [5.41, 5.74) is 2.16. The number of Topliss-reactive ketones (excluding diaryl/α,β-unsaturated/α-hetero) is 1. The van der Waals surface area contributed by atoms with E-state index in [0.29, 0.717) is 11.4 Å². The number of ketones is 1. The minimum absolute atomic E-state index is 0.0312. The molecule has 4 rings (SSSR count). The van der Waals surface area contributed by atoms with Crippen LogP contribution in [0.3, 0.4) is 0 Å². The maximum atomic E-state index is 13.3. The van der Waals surface area contributed by atoms with Crippen molar-refractivity contribution in [3.63, 3.8) is 0 Å². The molecule has 0 aliphatic rings. The zero-order valence-corrected chi connectivity index (χ0v) is 17.3. The number of carbonyl (C=O) groups is 1. The Morgan fingerprint density at radius 1 is 0.806 bits per heavy atom. The standard InChI is InChI=1S/C26H24N2O3/c1-19(20-11-5-2-6-12-20)24(29)18-17-23-25(30)27(21-13-7-3-8-14-21)28(26(23)31)22-15-9-4-10-16-22/h2-16,19,30H,17-18H2,1H3. The summed E-state index contributed by atoms with van der Waals surface area (Å²) in [5.74, 6) is -0.375. The third kappa shape index (κ3) is 4.08. The zero-order chi connectivity index (χ0) is 21.8. The van der Waals surface area contributed by atoms with E-state index >= 15 is 0 Å². The van der Waals surface area contributed by atoms with Gasteiger partial charge in [-0.05, 0) is 36.2 Å². The summed E-state index contributed by atoms with van der Waals surface area (Å²) < 4.78 is 2.95. The van der Waals surface area contributed by atoms with Crippen molar-refractivity contribution in [2.45, 2.75) is 25.7 Å². The lowest BCUT2D eigenvalue weighted by Gasteiger charge is -2.12. The molecule has 0 fully saturated rings. The number of para-hydroxylation sites is 2. The number of rotatable bonds is 7. The van der Waals surface area contributed by atoms with Crippen LogP contribution in [0.15, 0.2) is 95.8 Å². The fraction of sp³-hybridized carbons (Fsp3) is 0.154. The minimum atomic E-state index is -0.326. The van der Waals surface area contributed by atoms with Gasteiger partial charge in [0.2, 0.25) is 5.88 Å². The largest absolute Gasteiger partial charge is 0.493 e. The molecule has 31 heavy (non-hydrogen) atoms. The number of aromatic nitrogens is 2. The second-order valence-electron chi connectivity index (χ2n) is 7.50. The number of nitrogens with zero attached hydrogens (tertiary/aromatic N) is 2. The number of hydrogen-bond donors (Lipinski definition) is 1. The van der Waals surface area contributed by atoms with Crippen molar-refractivity contribution in [3.8, 4) is 17.3 Å². The maximum Gasteiger partial charge on any atom is 0.278 e. The van der Waals surface area contributed by atoms with Gasteiger partial charge in [0.1, 0.15) is 5.78 Å². The van der Waals surface area contributed by atoms with E-state index < -0.39 is 0 Å². The molecule has 0 amide bonds. The molecular formula is C26H24N2O3. The van der Waals surface area contributed by atoms with E-state index in [1.807, 2.05) is 97.9 Å². The smallest absolute Gasteiger partial charge is 0.278 e. The lowest BCUT2D eigenvalue weighted by atomic mass is 9.93. The highest BCUT2D eigenvalue weighted by atomic mass is 16.3. The predicted octanol–water partition coefficient (Wildman–Crippen LogP) is 4.64. The molecule has 0 saturated carbocycles. The molecule has 0 saturated heterocycles. The molecule has 156 valence electrons. The van der Waals surface area contributed by atoms with Crippen molar-refractivity contribution in [1.82, 2.24) is 9.36 Å². The Kier molecular flexibility index (Phi) is 5.85. The predicted molar refractivity (Wildman–Crippen MR) is 121 cm³/mol. The van der Waals surface area contributed by atoms with Crippen LogP contribution in [0.4, 0.5) is 0 Å². The van der Waals surface area contributed by atoms with Gasteiger partial charge in [-0.15, -0.1) is 0 Å². The van der Waals surface area contributed by atoms with Crippen molar-refractivity contribution >= 4 is 5.78 Å². The molecule has 0 bridgehead atoms. The lowest BCUT2D eigenvalue weighted by Crippen LogP contribution is -2.22. The average Bonchev–Trinajstić information content (AvgIpc) is 3.08. The topological polar surface area (TPSA) is 64.2 Å². The Morgan fingerprint density at radius 3 is 1.84 bits per heavy atom. The van der Waals surface area contributed by atoms with E-state index in [4.69, 9.17) is 0 Å². The number of benzene rings is 3. The molecule has 1 heterocycles. The molecule has 1 N–H and O–H groups in total. The highest BCUT2D eigenvalue weighted by molar-refractivity contribution is 5.85. The fourth-order valence-corrected chi connectivity index (χ4v) is 3.76. The van der Waals surface area contributed by atoms with Crippen molar-refractivity contribution < 1.29 is 9.90 Å². The molecular weight excluding hydrogens is 388 g/mol. The van der Waals surface area contributed by atoms with E-state index in [0.717, 1.165) is 5.56 Å². The van der Waals surface area contributed by atoms with E-state index in [1.54, 1.807) is 0 Å². The van der Waals surface area contributed by atoms with Crippen LogP contribution >= 0.6 is 0 Å². The van der Waals surface area contributed by atoms with Crippen LogP contribution in [-0.4, -0.2) is 20.3 Å². The van der Waals surface area contributed by atoms with Gasteiger partial charge in [0.15, 0.2) is 0 Å². The van der Waals surface area contributed by atoms with Gasteiger partial charge in [0, 0.05) is 12.3 Å². The van der Waals surface area contributed by atoms with Crippen LogP contribution < -0.4 is 5.56 Å². The summed E-state index contributed by atoms with van der Waals surface area (Å²) in [6.07, 6.45) is 0.347. The summed E-state index contributed by atoms with van der Waals surface area (Å²) in [6.45, 7) is 1.87. The van der Waals surface area contributed by atoms with E-state index in [2.05, 4.69) is 0 Å². The van der Waals surface area contributed by atoms with Crippen LogP contribution in [0, 0.1) is 0 Å². The quantitative estimate of drug-likeness (QED) is 0.481. The normalized spacial score (nSPS) is 11.9. The van der Waals surface area contributed by atoms with Crippen molar-refractivity contribution in [2.75, 3.05) is 0 Å². The van der Waals surface area contributed by atoms with Crippen LogP contribution in [0.2, 0.25) is 0 Å². The highest BCUT2D eigenvalue weighted by Gasteiger charge is 2.23. The Labute approximate surface area is 180 Å². The van der Waals surface area contributed by atoms with Crippen molar-refractivity contribution in [1.29, 1.82) is 0 Å². The molecule has 0 aliphatic carbocycles. The van der Waals surface area contributed by atoms with Gasteiger partial charge in [-0.2, -0.15) is 0 Å². The molecule has 3 aromatic carbocycles. The first-order chi connectivity index (χ1) is 15.1.